The second-order valence-corrected chi connectivity index (χ2v) is 7.57. The summed E-state index contributed by atoms with van der Waals surface area (Å²) in [6.45, 7) is 3.89. The Morgan fingerprint density at radius 1 is 1.07 bits per heavy atom. The van der Waals surface area contributed by atoms with E-state index in [0.29, 0.717) is 37.2 Å². The van der Waals surface area contributed by atoms with Gasteiger partial charge in [0, 0.05) is 49.4 Å². The summed E-state index contributed by atoms with van der Waals surface area (Å²) in [6.07, 6.45) is 2.77. The number of carbonyl (C=O) groups is 3. The first-order chi connectivity index (χ1) is 14.0. The summed E-state index contributed by atoms with van der Waals surface area (Å²) >= 11 is 0. The molecular formula is C23H25N3O3. The molecule has 1 N–H and O–H groups in total. The van der Waals surface area contributed by atoms with E-state index in [0.717, 1.165) is 36.2 Å². The van der Waals surface area contributed by atoms with E-state index in [4.69, 9.17) is 0 Å². The average Bonchev–Trinajstić information content (AvgIpc) is 3.33. The normalized spacial score (nSPS) is 15.6. The summed E-state index contributed by atoms with van der Waals surface area (Å²) in [5.41, 5.74) is 4.23. The van der Waals surface area contributed by atoms with Gasteiger partial charge in [0.2, 0.25) is 11.8 Å². The fourth-order valence-electron chi connectivity index (χ4n) is 4.04. The van der Waals surface area contributed by atoms with Crippen LogP contribution in [0.5, 0.6) is 0 Å². The molecule has 0 atom stereocenters. The lowest BCUT2D eigenvalue weighted by molar-refractivity contribution is -0.128. The monoisotopic (exact) mass is 391 g/mol. The van der Waals surface area contributed by atoms with Crippen LogP contribution in [0.4, 0.5) is 11.4 Å². The number of fused-ring (bicyclic) bond motifs is 1. The first-order valence-corrected chi connectivity index (χ1v) is 10.2. The van der Waals surface area contributed by atoms with Crippen molar-refractivity contribution in [3.63, 3.8) is 0 Å². The van der Waals surface area contributed by atoms with Crippen molar-refractivity contribution in [1.29, 1.82) is 0 Å². The fourth-order valence-corrected chi connectivity index (χ4v) is 4.04. The molecule has 0 aliphatic carbocycles. The molecule has 0 aromatic heterocycles. The molecule has 2 aliphatic heterocycles. The van der Waals surface area contributed by atoms with Crippen LogP contribution in [0.1, 0.15) is 47.7 Å². The van der Waals surface area contributed by atoms with Crippen molar-refractivity contribution >= 4 is 29.1 Å². The number of amides is 3. The average molecular weight is 391 g/mol. The van der Waals surface area contributed by atoms with E-state index in [2.05, 4.69) is 5.32 Å². The molecular weight excluding hydrogens is 366 g/mol. The third kappa shape index (κ3) is 4.01. The highest BCUT2D eigenvalue weighted by molar-refractivity contribution is 6.05. The van der Waals surface area contributed by atoms with E-state index in [1.165, 1.54) is 0 Å². The largest absolute Gasteiger partial charge is 0.338 e. The van der Waals surface area contributed by atoms with Gasteiger partial charge in [-0.05, 0) is 54.3 Å². The number of likely N-dealkylation sites (tertiary alicyclic amines) is 1. The van der Waals surface area contributed by atoms with Gasteiger partial charge in [0.25, 0.3) is 5.91 Å². The summed E-state index contributed by atoms with van der Waals surface area (Å²) in [6, 6.07) is 13.1. The van der Waals surface area contributed by atoms with Gasteiger partial charge < -0.3 is 15.1 Å². The minimum atomic E-state index is -0.178. The molecule has 2 aromatic carbocycles. The molecule has 0 unspecified atom stereocenters. The summed E-state index contributed by atoms with van der Waals surface area (Å²) in [7, 11) is 0. The highest BCUT2D eigenvalue weighted by Gasteiger charge is 2.24. The van der Waals surface area contributed by atoms with Crippen LogP contribution in [0.15, 0.2) is 42.5 Å². The Balaban J connectivity index is 1.45. The van der Waals surface area contributed by atoms with Gasteiger partial charge in [-0.1, -0.05) is 19.1 Å². The first-order valence-electron chi connectivity index (χ1n) is 10.2. The van der Waals surface area contributed by atoms with E-state index >= 15 is 0 Å². The molecule has 0 bridgehead atoms. The number of nitrogens with one attached hydrogen (secondary N) is 1. The van der Waals surface area contributed by atoms with E-state index < -0.39 is 0 Å². The van der Waals surface area contributed by atoms with Gasteiger partial charge in [0.15, 0.2) is 0 Å². The van der Waals surface area contributed by atoms with Crippen LogP contribution < -0.4 is 10.2 Å². The Morgan fingerprint density at radius 3 is 2.69 bits per heavy atom. The fraction of sp³-hybridized carbons (Fsp3) is 0.348. The molecule has 6 nitrogen and oxygen atoms in total. The van der Waals surface area contributed by atoms with Crippen molar-refractivity contribution in [2.75, 3.05) is 23.3 Å². The topological polar surface area (TPSA) is 69.7 Å². The predicted molar refractivity (Wildman–Crippen MR) is 112 cm³/mol. The molecule has 29 heavy (non-hydrogen) atoms. The van der Waals surface area contributed by atoms with Gasteiger partial charge in [-0.3, -0.25) is 14.4 Å². The van der Waals surface area contributed by atoms with Gasteiger partial charge in [0.05, 0.1) is 0 Å². The Bertz CT molecular complexity index is 970. The molecule has 6 heteroatoms. The third-order valence-electron chi connectivity index (χ3n) is 5.57. The summed E-state index contributed by atoms with van der Waals surface area (Å²) < 4.78 is 0. The molecule has 1 saturated heterocycles. The van der Waals surface area contributed by atoms with Crippen LogP contribution in [0.25, 0.3) is 0 Å². The second-order valence-electron chi connectivity index (χ2n) is 7.57. The maximum Gasteiger partial charge on any atom is 0.255 e. The van der Waals surface area contributed by atoms with Gasteiger partial charge in [0.1, 0.15) is 0 Å². The zero-order chi connectivity index (χ0) is 20.4. The Morgan fingerprint density at radius 2 is 1.93 bits per heavy atom. The molecule has 4 rings (SSSR count). The molecule has 3 amide bonds. The quantitative estimate of drug-likeness (QED) is 0.850. The van der Waals surface area contributed by atoms with E-state index in [1.807, 2.05) is 48.2 Å². The van der Waals surface area contributed by atoms with Gasteiger partial charge >= 0.3 is 0 Å². The number of rotatable bonds is 5. The second kappa shape index (κ2) is 8.07. The van der Waals surface area contributed by atoms with Crippen LogP contribution in [0.2, 0.25) is 0 Å². The molecule has 150 valence electrons. The number of hydrogen-bond donors (Lipinski definition) is 1. The smallest absolute Gasteiger partial charge is 0.255 e. The molecule has 0 spiro atoms. The minimum Gasteiger partial charge on any atom is -0.338 e. The molecule has 0 radical (unpaired) electrons. The molecule has 2 heterocycles. The summed E-state index contributed by atoms with van der Waals surface area (Å²) in [5, 5.41) is 2.95. The van der Waals surface area contributed by atoms with Crippen molar-refractivity contribution < 1.29 is 14.4 Å². The molecule has 2 aliphatic rings. The van der Waals surface area contributed by atoms with E-state index in [1.54, 1.807) is 11.0 Å². The summed E-state index contributed by atoms with van der Waals surface area (Å²) in [4.78, 5) is 40.3. The van der Waals surface area contributed by atoms with Crippen LogP contribution in [0.3, 0.4) is 0 Å². The van der Waals surface area contributed by atoms with Crippen LogP contribution in [0, 0.1) is 0 Å². The van der Waals surface area contributed by atoms with Crippen LogP contribution in [-0.4, -0.2) is 35.7 Å². The third-order valence-corrected chi connectivity index (χ3v) is 5.57. The number of carbonyl (C=O) groups excluding carboxylic acids is 3. The lowest BCUT2D eigenvalue weighted by Gasteiger charge is -2.17. The van der Waals surface area contributed by atoms with Crippen molar-refractivity contribution in [3.8, 4) is 0 Å². The standard InChI is InChI=1S/C23H25N3O3/c1-2-21(27)26-12-10-17-14-18(8-9-20(17)26)23(29)24-19-6-3-5-16(13-19)15-25-11-4-7-22(25)28/h3,5-6,8-9,13-14H,2,4,7,10-12,15H2,1H3,(H,24,29). The number of anilines is 2. The lowest BCUT2D eigenvalue weighted by atomic mass is 10.1. The van der Waals surface area contributed by atoms with Crippen LogP contribution >= 0.6 is 0 Å². The maximum atomic E-state index is 12.7. The van der Waals surface area contributed by atoms with Crippen molar-refractivity contribution in [2.45, 2.75) is 39.2 Å². The van der Waals surface area contributed by atoms with Gasteiger partial charge in [-0.25, -0.2) is 0 Å². The van der Waals surface area contributed by atoms with E-state index in [9.17, 15) is 14.4 Å². The Hall–Kier alpha value is -3.15. The minimum absolute atomic E-state index is 0.106. The van der Waals surface area contributed by atoms with Crippen molar-refractivity contribution in [1.82, 2.24) is 4.90 Å². The Kier molecular flexibility index (Phi) is 5.34. The van der Waals surface area contributed by atoms with Crippen molar-refractivity contribution in [2.24, 2.45) is 0 Å². The highest BCUT2D eigenvalue weighted by atomic mass is 16.2. The van der Waals surface area contributed by atoms with Crippen molar-refractivity contribution in [3.05, 3.63) is 59.2 Å². The molecule has 0 saturated carbocycles. The maximum absolute atomic E-state index is 12.7. The number of benzene rings is 2. The zero-order valence-corrected chi connectivity index (χ0v) is 16.6. The molecule has 1 fully saturated rings. The zero-order valence-electron chi connectivity index (χ0n) is 16.6. The SMILES string of the molecule is CCC(=O)N1CCc2cc(C(=O)Nc3cccc(CN4CCCC4=O)c3)ccc21. The van der Waals surface area contributed by atoms with E-state index in [-0.39, 0.29) is 17.7 Å². The lowest BCUT2D eigenvalue weighted by Crippen LogP contribution is -2.27. The van der Waals surface area contributed by atoms with Gasteiger partial charge in [-0.2, -0.15) is 0 Å². The van der Waals surface area contributed by atoms with Crippen LogP contribution in [-0.2, 0) is 22.6 Å². The molecule has 2 aromatic rings. The predicted octanol–water partition coefficient (Wildman–Crippen LogP) is 3.36. The summed E-state index contributed by atoms with van der Waals surface area (Å²) in [5.74, 6) is 0.116. The Labute approximate surface area is 170 Å². The first kappa shape index (κ1) is 19.2. The highest BCUT2D eigenvalue weighted by Crippen LogP contribution is 2.29. The van der Waals surface area contributed by atoms with Gasteiger partial charge in [-0.15, -0.1) is 0 Å². The number of nitrogens with zero attached hydrogens (tertiary/aromatic N) is 2. The number of hydrogen-bond acceptors (Lipinski definition) is 3.